The van der Waals surface area contributed by atoms with E-state index in [9.17, 15) is 0 Å². The molecule has 2 N–H and O–H groups in total. The van der Waals surface area contributed by atoms with Crippen LogP contribution in [0, 0.1) is 5.92 Å². The zero-order valence-electron chi connectivity index (χ0n) is 12.2. The zero-order valence-corrected chi connectivity index (χ0v) is 12.2. The van der Waals surface area contributed by atoms with Crippen molar-refractivity contribution < 1.29 is 0 Å². The van der Waals surface area contributed by atoms with Gasteiger partial charge in [-0.1, -0.05) is 44.0 Å². The Morgan fingerprint density at radius 2 is 1.84 bits per heavy atom. The first-order chi connectivity index (χ1) is 9.18. The van der Waals surface area contributed by atoms with E-state index in [1.165, 1.54) is 36.8 Å². The number of benzene rings is 1. The first kappa shape index (κ1) is 13.1. The van der Waals surface area contributed by atoms with Gasteiger partial charge >= 0.3 is 0 Å². The van der Waals surface area contributed by atoms with Gasteiger partial charge < -0.3 is 5.73 Å². The van der Waals surface area contributed by atoms with Gasteiger partial charge in [0.05, 0.1) is 0 Å². The number of hydrogen-bond donors (Lipinski definition) is 1. The summed E-state index contributed by atoms with van der Waals surface area (Å²) in [6.07, 6.45) is 6.63. The normalized spacial score (nSPS) is 34.5. The summed E-state index contributed by atoms with van der Waals surface area (Å²) in [5.74, 6) is 0.815. The van der Waals surface area contributed by atoms with E-state index >= 15 is 0 Å². The third kappa shape index (κ3) is 2.32. The molecule has 2 aliphatic carbocycles. The zero-order chi connectivity index (χ0) is 13.4. The van der Waals surface area contributed by atoms with Crippen molar-refractivity contribution in [1.29, 1.82) is 0 Å². The Morgan fingerprint density at radius 3 is 2.58 bits per heavy atom. The predicted octanol–water partition coefficient (Wildman–Crippen LogP) is 3.12. The Morgan fingerprint density at radius 1 is 1.11 bits per heavy atom. The molecule has 0 saturated heterocycles. The molecule has 2 nitrogen and oxygen atoms in total. The van der Waals surface area contributed by atoms with Crippen molar-refractivity contribution in [1.82, 2.24) is 4.90 Å². The molecule has 4 unspecified atom stereocenters. The maximum absolute atomic E-state index is 6.50. The van der Waals surface area contributed by atoms with Gasteiger partial charge in [-0.05, 0) is 43.4 Å². The fourth-order valence-corrected chi connectivity index (χ4v) is 4.15. The molecule has 1 saturated carbocycles. The Kier molecular flexibility index (Phi) is 3.64. The largest absolute Gasteiger partial charge is 0.323 e. The average Bonchev–Trinajstić information content (AvgIpc) is 2.77. The molecule has 0 bridgehead atoms. The predicted molar refractivity (Wildman–Crippen MR) is 80.0 cm³/mol. The summed E-state index contributed by atoms with van der Waals surface area (Å²) in [6.45, 7) is 2.41. The second-order valence-corrected chi connectivity index (χ2v) is 6.49. The summed E-state index contributed by atoms with van der Waals surface area (Å²) >= 11 is 0. The lowest BCUT2D eigenvalue weighted by Crippen LogP contribution is -2.48. The molecule has 0 heterocycles. The van der Waals surface area contributed by atoms with Gasteiger partial charge in [-0.2, -0.15) is 0 Å². The van der Waals surface area contributed by atoms with Gasteiger partial charge in [-0.15, -0.1) is 0 Å². The smallest absolute Gasteiger partial charge is 0.0459 e. The van der Waals surface area contributed by atoms with E-state index in [1.807, 2.05) is 0 Å². The average molecular weight is 258 g/mol. The fourth-order valence-electron chi connectivity index (χ4n) is 4.15. The van der Waals surface area contributed by atoms with Crippen LogP contribution < -0.4 is 5.73 Å². The number of hydrogen-bond acceptors (Lipinski definition) is 2. The van der Waals surface area contributed by atoms with E-state index in [4.69, 9.17) is 5.73 Å². The Labute approximate surface area is 117 Å². The van der Waals surface area contributed by atoms with Crippen LogP contribution >= 0.6 is 0 Å². The molecule has 1 fully saturated rings. The molecule has 4 atom stereocenters. The summed E-state index contributed by atoms with van der Waals surface area (Å²) < 4.78 is 0. The van der Waals surface area contributed by atoms with Crippen LogP contribution in [-0.2, 0) is 6.42 Å². The molecule has 3 rings (SSSR count). The van der Waals surface area contributed by atoms with Crippen LogP contribution in [0.4, 0.5) is 0 Å². The highest BCUT2D eigenvalue weighted by molar-refractivity contribution is 5.36. The SMILES string of the molecule is CC1CCCCC1N(C)C1Cc2ccccc2C1N. The van der Waals surface area contributed by atoms with E-state index in [2.05, 4.69) is 43.1 Å². The molecule has 2 aliphatic rings. The summed E-state index contributed by atoms with van der Waals surface area (Å²) in [5, 5.41) is 0. The number of rotatable bonds is 2. The summed E-state index contributed by atoms with van der Waals surface area (Å²) in [4.78, 5) is 2.59. The van der Waals surface area contributed by atoms with Crippen LogP contribution in [0.5, 0.6) is 0 Å². The molecule has 0 amide bonds. The standard InChI is InChI=1S/C17H26N2/c1-12-7-3-6-10-15(12)19(2)16-11-13-8-4-5-9-14(13)17(16)18/h4-5,8-9,12,15-17H,3,6-7,10-11,18H2,1-2H3. The summed E-state index contributed by atoms with van der Waals surface area (Å²) in [7, 11) is 2.29. The van der Waals surface area contributed by atoms with Gasteiger partial charge in [0, 0.05) is 18.1 Å². The van der Waals surface area contributed by atoms with Crippen LogP contribution in [0.3, 0.4) is 0 Å². The lowest BCUT2D eigenvalue weighted by Gasteiger charge is -2.41. The molecule has 0 aliphatic heterocycles. The van der Waals surface area contributed by atoms with Gasteiger partial charge in [0.1, 0.15) is 0 Å². The minimum absolute atomic E-state index is 0.190. The van der Waals surface area contributed by atoms with Crippen LogP contribution in [0.25, 0.3) is 0 Å². The molecule has 104 valence electrons. The molecule has 19 heavy (non-hydrogen) atoms. The van der Waals surface area contributed by atoms with Gasteiger partial charge in [0.2, 0.25) is 0 Å². The van der Waals surface area contributed by atoms with Gasteiger partial charge in [0.15, 0.2) is 0 Å². The van der Waals surface area contributed by atoms with E-state index in [1.54, 1.807) is 0 Å². The van der Waals surface area contributed by atoms with Crippen molar-refractivity contribution in [2.45, 2.75) is 57.2 Å². The first-order valence-corrected chi connectivity index (χ1v) is 7.74. The van der Waals surface area contributed by atoms with Gasteiger partial charge in [-0.3, -0.25) is 4.90 Å². The minimum Gasteiger partial charge on any atom is -0.323 e. The molecule has 1 aromatic carbocycles. The van der Waals surface area contributed by atoms with Gasteiger partial charge in [-0.25, -0.2) is 0 Å². The highest BCUT2D eigenvalue weighted by Gasteiger charge is 2.36. The number of likely N-dealkylation sites (N-methyl/N-ethyl adjacent to an activating group) is 1. The number of fused-ring (bicyclic) bond motifs is 1. The molecule has 1 aromatic rings. The highest BCUT2D eigenvalue weighted by Crippen LogP contribution is 2.36. The molecule has 0 spiro atoms. The van der Waals surface area contributed by atoms with E-state index in [0.29, 0.717) is 6.04 Å². The lowest BCUT2D eigenvalue weighted by molar-refractivity contribution is 0.0889. The monoisotopic (exact) mass is 258 g/mol. The van der Waals surface area contributed by atoms with Gasteiger partial charge in [0.25, 0.3) is 0 Å². The highest BCUT2D eigenvalue weighted by atomic mass is 15.2. The Balaban J connectivity index is 1.77. The first-order valence-electron chi connectivity index (χ1n) is 7.74. The van der Waals surface area contributed by atoms with Crippen molar-refractivity contribution in [3.63, 3.8) is 0 Å². The quantitative estimate of drug-likeness (QED) is 0.883. The van der Waals surface area contributed by atoms with Crippen molar-refractivity contribution in [2.24, 2.45) is 11.7 Å². The molecule has 0 aromatic heterocycles. The van der Waals surface area contributed by atoms with Crippen molar-refractivity contribution in [2.75, 3.05) is 7.05 Å². The van der Waals surface area contributed by atoms with Crippen molar-refractivity contribution in [3.05, 3.63) is 35.4 Å². The third-order valence-corrected chi connectivity index (χ3v) is 5.37. The summed E-state index contributed by atoms with van der Waals surface area (Å²) in [5.41, 5.74) is 9.32. The fraction of sp³-hybridized carbons (Fsp3) is 0.647. The lowest BCUT2D eigenvalue weighted by atomic mass is 9.84. The van der Waals surface area contributed by atoms with Crippen LogP contribution in [0.1, 0.15) is 49.8 Å². The molecule has 0 radical (unpaired) electrons. The van der Waals surface area contributed by atoms with E-state index in [-0.39, 0.29) is 6.04 Å². The number of nitrogens with two attached hydrogens (primary N) is 1. The third-order valence-electron chi connectivity index (χ3n) is 5.37. The maximum atomic E-state index is 6.50. The second kappa shape index (κ2) is 5.26. The Hall–Kier alpha value is -0.860. The minimum atomic E-state index is 0.190. The van der Waals surface area contributed by atoms with Crippen molar-refractivity contribution in [3.8, 4) is 0 Å². The van der Waals surface area contributed by atoms with E-state index in [0.717, 1.165) is 18.4 Å². The molecular formula is C17H26N2. The van der Waals surface area contributed by atoms with Crippen molar-refractivity contribution >= 4 is 0 Å². The van der Waals surface area contributed by atoms with Crippen LogP contribution in [0.15, 0.2) is 24.3 Å². The van der Waals surface area contributed by atoms with Crippen LogP contribution in [0.2, 0.25) is 0 Å². The van der Waals surface area contributed by atoms with E-state index < -0.39 is 0 Å². The molecule has 2 heteroatoms. The number of nitrogens with zero attached hydrogens (tertiary/aromatic N) is 1. The summed E-state index contributed by atoms with van der Waals surface area (Å²) in [6, 6.07) is 10.1. The maximum Gasteiger partial charge on any atom is 0.0459 e. The second-order valence-electron chi connectivity index (χ2n) is 6.49. The Bertz CT molecular complexity index is 443. The van der Waals surface area contributed by atoms with Crippen LogP contribution in [-0.4, -0.2) is 24.0 Å². The topological polar surface area (TPSA) is 29.3 Å². The molecular weight excluding hydrogens is 232 g/mol.